The summed E-state index contributed by atoms with van der Waals surface area (Å²) in [5.41, 5.74) is 2.05. The van der Waals surface area contributed by atoms with Crippen molar-refractivity contribution in [2.75, 3.05) is 12.4 Å². The number of aromatic nitrogens is 2. The molecule has 0 aliphatic rings. The number of hydrogen-bond acceptors (Lipinski definition) is 5. The largest absolute Gasteiger partial charge is 0.495 e. The van der Waals surface area contributed by atoms with Crippen molar-refractivity contribution >= 4 is 22.6 Å². The van der Waals surface area contributed by atoms with Gasteiger partial charge in [-0.1, -0.05) is 30.3 Å². The van der Waals surface area contributed by atoms with Gasteiger partial charge in [-0.25, -0.2) is 0 Å². The standard InChI is InChI=1S/C22H18N4O3/c1-28-19-10-5-3-8-17(19)24-22(27)16-14-26(12-6-11-23)25-21(16)20-13-15-7-2-4-9-18(15)29-20/h2-5,7-10,13-14H,6,12H2,1H3,(H,24,27). The summed E-state index contributed by atoms with van der Waals surface area (Å²) in [5.74, 6) is 0.711. The van der Waals surface area contributed by atoms with Crippen LogP contribution in [0.4, 0.5) is 5.69 Å². The number of nitrogens with one attached hydrogen (secondary N) is 1. The average Bonchev–Trinajstić information content (AvgIpc) is 3.36. The summed E-state index contributed by atoms with van der Waals surface area (Å²) >= 11 is 0. The molecule has 4 rings (SSSR count). The number of carbonyl (C=O) groups excluding carboxylic acids is 1. The molecule has 0 fully saturated rings. The van der Waals surface area contributed by atoms with Gasteiger partial charge in [0.2, 0.25) is 0 Å². The average molecular weight is 386 g/mol. The first-order valence-electron chi connectivity index (χ1n) is 9.07. The van der Waals surface area contributed by atoms with Gasteiger partial charge in [-0.15, -0.1) is 0 Å². The van der Waals surface area contributed by atoms with Crippen LogP contribution in [0.15, 0.2) is 65.2 Å². The molecule has 0 bridgehead atoms. The lowest BCUT2D eigenvalue weighted by atomic mass is 10.1. The highest BCUT2D eigenvalue weighted by molar-refractivity contribution is 6.08. The van der Waals surface area contributed by atoms with Gasteiger partial charge in [-0.2, -0.15) is 10.4 Å². The third-order valence-corrected chi connectivity index (χ3v) is 4.47. The zero-order valence-electron chi connectivity index (χ0n) is 15.8. The third kappa shape index (κ3) is 3.69. The highest BCUT2D eigenvalue weighted by Gasteiger charge is 2.22. The van der Waals surface area contributed by atoms with Crippen LogP contribution in [0.2, 0.25) is 0 Å². The number of furan rings is 1. The van der Waals surface area contributed by atoms with Gasteiger partial charge in [0.1, 0.15) is 17.0 Å². The van der Waals surface area contributed by atoms with Crippen LogP contribution in [0.5, 0.6) is 5.75 Å². The van der Waals surface area contributed by atoms with Crippen LogP contribution in [0, 0.1) is 11.3 Å². The summed E-state index contributed by atoms with van der Waals surface area (Å²) in [5, 5.41) is 17.2. The Morgan fingerprint density at radius 1 is 1.24 bits per heavy atom. The molecule has 1 N–H and O–H groups in total. The SMILES string of the molecule is COc1ccccc1NC(=O)c1cn(CCC#N)nc1-c1cc2ccccc2o1. The molecule has 0 spiro atoms. The van der Waals surface area contributed by atoms with Gasteiger partial charge < -0.3 is 14.5 Å². The number of amides is 1. The fourth-order valence-corrected chi connectivity index (χ4v) is 3.08. The van der Waals surface area contributed by atoms with Gasteiger partial charge in [0.25, 0.3) is 5.91 Å². The second-order valence-electron chi connectivity index (χ2n) is 6.37. The summed E-state index contributed by atoms with van der Waals surface area (Å²) in [6, 6.07) is 18.7. The Labute approximate surface area is 167 Å². The topological polar surface area (TPSA) is 93.1 Å². The van der Waals surface area contributed by atoms with Gasteiger partial charge in [-0.3, -0.25) is 9.48 Å². The Kier molecular flexibility index (Phi) is 4.99. The molecule has 0 atom stereocenters. The van der Waals surface area contributed by atoms with Crippen molar-refractivity contribution in [3.8, 4) is 23.3 Å². The molecule has 0 saturated carbocycles. The van der Waals surface area contributed by atoms with Gasteiger partial charge in [0.05, 0.1) is 37.4 Å². The molecular formula is C22H18N4O3. The van der Waals surface area contributed by atoms with Crippen molar-refractivity contribution in [2.45, 2.75) is 13.0 Å². The second-order valence-corrected chi connectivity index (χ2v) is 6.37. The summed E-state index contributed by atoms with van der Waals surface area (Å²) in [4.78, 5) is 13.1. The van der Waals surface area contributed by atoms with E-state index in [1.165, 1.54) is 0 Å². The molecule has 0 aliphatic carbocycles. The Bertz CT molecular complexity index is 1180. The molecule has 0 unspecified atom stereocenters. The Morgan fingerprint density at radius 2 is 2.03 bits per heavy atom. The first-order chi connectivity index (χ1) is 14.2. The van der Waals surface area contributed by atoms with Crippen LogP contribution in [-0.4, -0.2) is 22.8 Å². The number of methoxy groups -OCH3 is 1. The zero-order valence-corrected chi connectivity index (χ0v) is 15.8. The summed E-state index contributed by atoms with van der Waals surface area (Å²) < 4.78 is 12.8. The van der Waals surface area contributed by atoms with Crippen LogP contribution in [-0.2, 0) is 6.54 Å². The minimum absolute atomic E-state index is 0.287. The highest BCUT2D eigenvalue weighted by atomic mass is 16.5. The minimum Gasteiger partial charge on any atom is -0.495 e. The summed E-state index contributed by atoms with van der Waals surface area (Å²) in [7, 11) is 1.55. The minimum atomic E-state index is -0.340. The lowest BCUT2D eigenvalue weighted by Crippen LogP contribution is -2.13. The fraction of sp³-hybridized carbons (Fsp3) is 0.136. The number of nitrogens with zero attached hydrogens (tertiary/aromatic N) is 3. The zero-order chi connectivity index (χ0) is 20.2. The lowest BCUT2D eigenvalue weighted by molar-refractivity contribution is 0.102. The maximum absolute atomic E-state index is 13.1. The number of aryl methyl sites for hydroxylation is 1. The van der Waals surface area contributed by atoms with E-state index in [9.17, 15) is 4.79 Å². The number of nitriles is 1. The number of rotatable bonds is 6. The lowest BCUT2D eigenvalue weighted by Gasteiger charge is -2.09. The van der Waals surface area contributed by atoms with Crippen LogP contribution in [0.25, 0.3) is 22.4 Å². The molecule has 144 valence electrons. The Balaban J connectivity index is 1.74. The van der Waals surface area contributed by atoms with Gasteiger partial charge >= 0.3 is 0 Å². The van der Waals surface area contributed by atoms with E-state index in [0.717, 1.165) is 5.39 Å². The molecule has 7 heteroatoms. The predicted molar refractivity (Wildman–Crippen MR) is 109 cm³/mol. The number of anilines is 1. The smallest absolute Gasteiger partial charge is 0.259 e. The molecule has 2 aromatic carbocycles. The molecule has 2 heterocycles. The molecule has 7 nitrogen and oxygen atoms in total. The van der Waals surface area contributed by atoms with E-state index in [0.29, 0.717) is 40.6 Å². The predicted octanol–water partition coefficient (Wildman–Crippen LogP) is 4.47. The number of benzene rings is 2. The third-order valence-electron chi connectivity index (χ3n) is 4.47. The first kappa shape index (κ1) is 18.3. The number of carbonyl (C=O) groups is 1. The monoisotopic (exact) mass is 386 g/mol. The molecule has 29 heavy (non-hydrogen) atoms. The van der Waals surface area contributed by atoms with E-state index in [4.69, 9.17) is 14.4 Å². The quantitative estimate of drug-likeness (QED) is 0.528. The van der Waals surface area contributed by atoms with E-state index in [-0.39, 0.29) is 12.3 Å². The van der Waals surface area contributed by atoms with Gasteiger partial charge in [0, 0.05) is 11.6 Å². The maximum atomic E-state index is 13.1. The van der Waals surface area contributed by atoms with Crippen molar-refractivity contribution in [2.24, 2.45) is 0 Å². The molecule has 1 amide bonds. The second kappa shape index (κ2) is 7.90. The summed E-state index contributed by atoms with van der Waals surface area (Å²) in [6.45, 7) is 0.381. The van der Waals surface area contributed by atoms with Crippen LogP contribution in [0.1, 0.15) is 16.8 Å². The van der Waals surface area contributed by atoms with Crippen molar-refractivity contribution in [1.82, 2.24) is 9.78 Å². The van der Waals surface area contributed by atoms with Crippen LogP contribution < -0.4 is 10.1 Å². The summed E-state index contributed by atoms with van der Waals surface area (Å²) in [6.07, 6.45) is 1.92. The fourth-order valence-electron chi connectivity index (χ4n) is 3.08. The van der Waals surface area contributed by atoms with Crippen molar-refractivity contribution in [3.63, 3.8) is 0 Å². The van der Waals surface area contributed by atoms with Crippen molar-refractivity contribution in [1.29, 1.82) is 5.26 Å². The molecule has 0 radical (unpaired) electrons. The number of fused-ring (bicyclic) bond motifs is 1. The molecular weight excluding hydrogens is 368 g/mol. The van der Waals surface area contributed by atoms with E-state index in [1.807, 2.05) is 42.5 Å². The maximum Gasteiger partial charge on any atom is 0.259 e. The van der Waals surface area contributed by atoms with E-state index >= 15 is 0 Å². The molecule has 0 saturated heterocycles. The highest BCUT2D eigenvalue weighted by Crippen LogP contribution is 2.30. The Morgan fingerprint density at radius 3 is 2.83 bits per heavy atom. The van der Waals surface area contributed by atoms with Gasteiger partial charge in [0.15, 0.2) is 5.76 Å². The van der Waals surface area contributed by atoms with E-state index in [2.05, 4.69) is 16.5 Å². The molecule has 2 aromatic heterocycles. The van der Waals surface area contributed by atoms with Crippen LogP contribution >= 0.6 is 0 Å². The van der Waals surface area contributed by atoms with E-state index in [1.54, 1.807) is 30.1 Å². The molecule has 4 aromatic rings. The normalized spacial score (nSPS) is 10.6. The van der Waals surface area contributed by atoms with Crippen LogP contribution in [0.3, 0.4) is 0 Å². The van der Waals surface area contributed by atoms with E-state index < -0.39 is 0 Å². The number of hydrogen-bond donors (Lipinski definition) is 1. The number of ether oxygens (including phenoxy) is 1. The van der Waals surface area contributed by atoms with Crippen molar-refractivity contribution in [3.05, 3.63) is 66.4 Å². The van der Waals surface area contributed by atoms with Crippen molar-refractivity contribution < 1.29 is 13.9 Å². The van der Waals surface area contributed by atoms with Gasteiger partial charge in [-0.05, 0) is 24.3 Å². The first-order valence-corrected chi connectivity index (χ1v) is 9.07. The molecule has 0 aliphatic heterocycles. The number of para-hydroxylation sites is 3. The Hall–Kier alpha value is -4.05.